The fourth-order valence-electron chi connectivity index (χ4n) is 1.55. The minimum absolute atomic E-state index is 0.458. The van der Waals surface area contributed by atoms with Crippen LogP contribution in [-0.4, -0.2) is 20.8 Å². The Kier molecular flexibility index (Phi) is 4.17. The number of anilines is 1. The molecule has 2 rings (SSSR count). The van der Waals surface area contributed by atoms with Crippen molar-refractivity contribution in [2.24, 2.45) is 0 Å². The second-order valence-electron chi connectivity index (χ2n) is 3.95. The highest BCUT2D eigenvalue weighted by atomic mass is 32.2. The molecule has 0 fully saturated rings. The van der Waals surface area contributed by atoms with Gasteiger partial charge in [-0.05, 0) is 12.5 Å². The van der Waals surface area contributed by atoms with Crippen LogP contribution in [-0.2, 0) is 0 Å². The highest BCUT2D eigenvalue weighted by Crippen LogP contribution is 2.22. The average molecular weight is 261 g/mol. The number of nitrogens with zero attached hydrogens (tertiary/aromatic N) is 2. The Labute approximate surface area is 110 Å². The van der Waals surface area contributed by atoms with E-state index in [9.17, 15) is 5.11 Å². The second-order valence-corrected chi connectivity index (χ2v) is 4.94. The summed E-state index contributed by atoms with van der Waals surface area (Å²) in [7, 11) is 0. The Morgan fingerprint density at radius 1 is 1.28 bits per heavy atom. The topological polar surface area (TPSA) is 72.0 Å². The summed E-state index contributed by atoms with van der Waals surface area (Å²) in [5.74, 6) is 0.964. The predicted molar refractivity (Wildman–Crippen MR) is 73.3 cm³/mol. The van der Waals surface area contributed by atoms with Crippen LogP contribution >= 0.6 is 11.8 Å². The second kappa shape index (κ2) is 5.84. The van der Waals surface area contributed by atoms with E-state index in [0.29, 0.717) is 16.7 Å². The molecule has 18 heavy (non-hydrogen) atoms. The van der Waals surface area contributed by atoms with E-state index in [4.69, 9.17) is 5.73 Å². The lowest BCUT2D eigenvalue weighted by Gasteiger charge is -2.10. The van der Waals surface area contributed by atoms with Crippen LogP contribution in [0.15, 0.2) is 41.6 Å². The van der Waals surface area contributed by atoms with Crippen LogP contribution in [0.5, 0.6) is 0 Å². The summed E-state index contributed by atoms with van der Waals surface area (Å²) in [4.78, 5) is 8.38. The molecule has 1 aromatic carbocycles. The molecule has 1 unspecified atom stereocenters. The van der Waals surface area contributed by atoms with E-state index in [1.165, 1.54) is 11.8 Å². The molecule has 0 saturated heterocycles. The number of thioether (sulfide) groups is 1. The molecule has 0 amide bonds. The predicted octanol–water partition coefficient (Wildman–Crippen LogP) is 2.19. The summed E-state index contributed by atoms with van der Waals surface area (Å²) in [6, 6.07) is 11.3. The number of benzene rings is 1. The van der Waals surface area contributed by atoms with Gasteiger partial charge < -0.3 is 10.8 Å². The number of aliphatic hydroxyl groups excluding tert-OH is 1. The van der Waals surface area contributed by atoms with Crippen molar-refractivity contribution < 1.29 is 5.11 Å². The SMILES string of the molecule is Cc1cc(N)nc(SCC(O)c2ccccc2)n1. The monoisotopic (exact) mass is 261 g/mol. The van der Waals surface area contributed by atoms with Crippen molar-refractivity contribution in [3.05, 3.63) is 47.7 Å². The zero-order valence-corrected chi connectivity index (χ0v) is 10.9. The molecular formula is C13H15N3OS. The van der Waals surface area contributed by atoms with Crippen LogP contribution in [0.25, 0.3) is 0 Å². The first-order valence-corrected chi connectivity index (χ1v) is 6.60. The molecule has 0 aliphatic heterocycles. The Morgan fingerprint density at radius 3 is 2.67 bits per heavy atom. The number of nitrogen functional groups attached to an aromatic ring is 1. The van der Waals surface area contributed by atoms with Crippen molar-refractivity contribution in [1.82, 2.24) is 9.97 Å². The van der Waals surface area contributed by atoms with Gasteiger partial charge in [-0.25, -0.2) is 9.97 Å². The van der Waals surface area contributed by atoms with E-state index < -0.39 is 6.10 Å². The molecule has 94 valence electrons. The number of aryl methyl sites for hydroxylation is 1. The van der Waals surface area contributed by atoms with E-state index in [0.717, 1.165) is 11.3 Å². The maximum atomic E-state index is 10.0. The lowest BCUT2D eigenvalue weighted by Crippen LogP contribution is -2.02. The Hall–Kier alpha value is -1.59. The van der Waals surface area contributed by atoms with Gasteiger partial charge in [0.1, 0.15) is 5.82 Å². The molecule has 0 aliphatic rings. The molecule has 0 aliphatic carbocycles. The van der Waals surface area contributed by atoms with Crippen molar-refractivity contribution in [2.45, 2.75) is 18.2 Å². The minimum atomic E-state index is -0.526. The Balaban J connectivity index is 1.99. The number of hydrogen-bond acceptors (Lipinski definition) is 5. The molecule has 5 heteroatoms. The number of nitrogens with two attached hydrogens (primary N) is 1. The summed E-state index contributed by atoms with van der Waals surface area (Å²) < 4.78 is 0. The summed E-state index contributed by atoms with van der Waals surface area (Å²) in [6.07, 6.45) is -0.526. The fourth-order valence-corrected chi connectivity index (χ4v) is 2.43. The third-order valence-corrected chi connectivity index (χ3v) is 3.33. The normalized spacial score (nSPS) is 12.3. The Morgan fingerprint density at radius 2 is 2.00 bits per heavy atom. The van der Waals surface area contributed by atoms with Gasteiger partial charge in [0.05, 0.1) is 6.10 Å². The average Bonchev–Trinajstić information content (AvgIpc) is 2.36. The van der Waals surface area contributed by atoms with Crippen molar-refractivity contribution in [3.63, 3.8) is 0 Å². The summed E-state index contributed by atoms with van der Waals surface area (Å²) in [5, 5.41) is 10.6. The number of aliphatic hydroxyl groups is 1. The van der Waals surface area contributed by atoms with Gasteiger partial charge in [-0.15, -0.1) is 0 Å². The van der Waals surface area contributed by atoms with Crippen LogP contribution in [0, 0.1) is 6.92 Å². The molecule has 2 aromatic rings. The van der Waals surface area contributed by atoms with Gasteiger partial charge in [-0.3, -0.25) is 0 Å². The van der Waals surface area contributed by atoms with Crippen molar-refractivity contribution in [3.8, 4) is 0 Å². The molecule has 4 nitrogen and oxygen atoms in total. The van der Waals surface area contributed by atoms with Gasteiger partial charge >= 0.3 is 0 Å². The fraction of sp³-hybridized carbons (Fsp3) is 0.231. The molecule has 1 heterocycles. The van der Waals surface area contributed by atoms with E-state index in [1.54, 1.807) is 6.07 Å². The standard InChI is InChI=1S/C13H15N3OS/c1-9-7-12(14)16-13(15-9)18-8-11(17)10-5-3-2-4-6-10/h2-7,11,17H,8H2,1H3,(H2,14,15,16). The first-order valence-electron chi connectivity index (χ1n) is 5.62. The van der Waals surface area contributed by atoms with Gasteiger partial charge in [0.2, 0.25) is 0 Å². The highest BCUT2D eigenvalue weighted by molar-refractivity contribution is 7.99. The molecule has 0 radical (unpaired) electrons. The lowest BCUT2D eigenvalue weighted by atomic mass is 10.1. The summed E-state index contributed by atoms with van der Waals surface area (Å²) in [6.45, 7) is 1.87. The van der Waals surface area contributed by atoms with Crippen LogP contribution in [0.2, 0.25) is 0 Å². The maximum Gasteiger partial charge on any atom is 0.189 e. The van der Waals surface area contributed by atoms with E-state index in [-0.39, 0.29) is 0 Å². The molecule has 0 bridgehead atoms. The first kappa shape index (κ1) is 12.9. The molecule has 0 spiro atoms. The number of hydrogen-bond donors (Lipinski definition) is 2. The van der Waals surface area contributed by atoms with Crippen LogP contribution in [0.3, 0.4) is 0 Å². The summed E-state index contributed by atoms with van der Waals surface area (Å²) >= 11 is 1.40. The van der Waals surface area contributed by atoms with Gasteiger partial charge in [0, 0.05) is 17.5 Å². The molecule has 0 saturated carbocycles. The number of rotatable bonds is 4. The van der Waals surface area contributed by atoms with Crippen LogP contribution in [0.4, 0.5) is 5.82 Å². The van der Waals surface area contributed by atoms with E-state index in [1.807, 2.05) is 37.3 Å². The maximum absolute atomic E-state index is 10.0. The third kappa shape index (κ3) is 3.45. The van der Waals surface area contributed by atoms with Crippen molar-refractivity contribution >= 4 is 17.6 Å². The van der Waals surface area contributed by atoms with Gasteiger partial charge in [-0.1, -0.05) is 42.1 Å². The largest absolute Gasteiger partial charge is 0.388 e. The van der Waals surface area contributed by atoms with Gasteiger partial charge in [0.15, 0.2) is 5.16 Å². The van der Waals surface area contributed by atoms with Crippen LogP contribution < -0.4 is 5.73 Å². The Bertz CT molecular complexity index is 499. The third-order valence-electron chi connectivity index (χ3n) is 2.41. The lowest BCUT2D eigenvalue weighted by molar-refractivity contribution is 0.204. The number of aromatic nitrogens is 2. The van der Waals surface area contributed by atoms with Gasteiger partial charge in [-0.2, -0.15) is 0 Å². The zero-order chi connectivity index (χ0) is 13.0. The van der Waals surface area contributed by atoms with Crippen molar-refractivity contribution in [1.29, 1.82) is 0 Å². The smallest absolute Gasteiger partial charge is 0.189 e. The zero-order valence-electron chi connectivity index (χ0n) is 10.1. The molecule has 3 N–H and O–H groups in total. The van der Waals surface area contributed by atoms with E-state index >= 15 is 0 Å². The van der Waals surface area contributed by atoms with Crippen LogP contribution in [0.1, 0.15) is 17.4 Å². The molecule has 1 aromatic heterocycles. The molecular weight excluding hydrogens is 246 g/mol. The van der Waals surface area contributed by atoms with Crippen molar-refractivity contribution in [2.75, 3.05) is 11.5 Å². The van der Waals surface area contributed by atoms with E-state index in [2.05, 4.69) is 9.97 Å². The quantitative estimate of drug-likeness (QED) is 0.652. The van der Waals surface area contributed by atoms with Gasteiger partial charge in [0.25, 0.3) is 0 Å². The summed E-state index contributed by atoms with van der Waals surface area (Å²) in [5.41, 5.74) is 7.38. The first-order chi connectivity index (χ1) is 8.65. The molecule has 1 atom stereocenters. The highest BCUT2D eigenvalue weighted by Gasteiger charge is 2.09. The minimum Gasteiger partial charge on any atom is -0.388 e.